The lowest BCUT2D eigenvalue weighted by molar-refractivity contribution is -0.156. The van der Waals surface area contributed by atoms with Gasteiger partial charge in [0.15, 0.2) is 5.96 Å². The summed E-state index contributed by atoms with van der Waals surface area (Å²) in [6, 6.07) is 10.3. The van der Waals surface area contributed by atoms with E-state index in [0.29, 0.717) is 18.6 Å². The Hall–Kier alpha value is -3.34. The monoisotopic (exact) mass is 592 g/mol. The lowest BCUT2D eigenvalue weighted by atomic mass is 9.89. The summed E-state index contributed by atoms with van der Waals surface area (Å²) in [7, 11) is 0. The Kier molecular flexibility index (Phi) is 10.6. The van der Waals surface area contributed by atoms with Gasteiger partial charge in [0.05, 0.1) is 35.7 Å². The van der Waals surface area contributed by atoms with Gasteiger partial charge in [0, 0.05) is 30.8 Å². The number of nitrogens with zero attached hydrogens (tertiary/aromatic N) is 4. The highest BCUT2D eigenvalue weighted by Crippen LogP contribution is 2.39. The number of aryl methyl sites for hydroxylation is 1. The van der Waals surface area contributed by atoms with Gasteiger partial charge in [-0.15, -0.1) is 11.8 Å². The van der Waals surface area contributed by atoms with Gasteiger partial charge in [0.25, 0.3) is 0 Å². The number of thioether (sulfide) groups is 1. The molecule has 2 aliphatic rings. The predicted molar refractivity (Wildman–Crippen MR) is 152 cm³/mol. The number of nitriles is 1. The van der Waals surface area contributed by atoms with Crippen LogP contribution in [-0.2, 0) is 33.7 Å². The lowest BCUT2D eigenvalue weighted by Crippen LogP contribution is -2.47. The second-order valence-corrected chi connectivity index (χ2v) is 11.6. The molecule has 2 unspecified atom stereocenters. The van der Waals surface area contributed by atoms with Gasteiger partial charge in [-0.3, -0.25) is 4.79 Å². The average molecular weight is 593 g/mol. The minimum Gasteiger partial charge on any atom is -0.372 e. The van der Waals surface area contributed by atoms with E-state index in [1.165, 1.54) is 5.56 Å². The zero-order chi connectivity index (χ0) is 30.4. The number of hydrogen-bond acceptors (Lipinski definition) is 8. The smallest absolute Gasteiger partial charge is 0.372 e. The van der Waals surface area contributed by atoms with Gasteiger partial charge in [-0.05, 0) is 57.4 Å². The molecule has 1 fully saturated rings. The van der Waals surface area contributed by atoms with Crippen molar-refractivity contribution < 1.29 is 27.4 Å². The van der Waals surface area contributed by atoms with E-state index in [4.69, 9.17) is 30.7 Å². The first-order valence-electron chi connectivity index (χ1n) is 13.1. The maximum atomic E-state index is 10.4. The lowest BCUT2D eigenvalue weighted by Gasteiger charge is -2.40. The molecule has 0 aliphatic carbocycles. The van der Waals surface area contributed by atoms with Crippen LogP contribution in [0.1, 0.15) is 49.9 Å². The second kappa shape index (κ2) is 13.5. The fraction of sp³-hybridized carbons (Fsp3) is 0.500. The molecule has 2 aliphatic heterocycles. The number of pyridine rings is 1. The van der Waals surface area contributed by atoms with E-state index >= 15 is 0 Å². The summed E-state index contributed by atoms with van der Waals surface area (Å²) in [5.41, 5.74) is 15.3. The van der Waals surface area contributed by atoms with Crippen molar-refractivity contribution in [1.82, 2.24) is 4.98 Å². The molecular formula is C28H35F3N6O3S. The Balaban J connectivity index is 0.000000696. The number of alkyl halides is 3. The van der Waals surface area contributed by atoms with E-state index < -0.39 is 12.5 Å². The van der Waals surface area contributed by atoms with Crippen molar-refractivity contribution in [3.05, 3.63) is 46.5 Å². The molecule has 1 saturated heterocycles. The number of anilines is 1. The first-order chi connectivity index (χ1) is 19.2. The highest BCUT2D eigenvalue weighted by atomic mass is 32.2. The molecule has 13 heteroatoms. The van der Waals surface area contributed by atoms with Crippen LogP contribution in [0.25, 0.3) is 0 Å². The number of fused-ring (bicyclic) bond motifs is 1. The molecule has 0 radical (unpaired) electrons. The fourth-order valence-electron chi connectivity index (χ4n) is 4.71. The Bertz CT molecular complexity index is 1280. The summed E-state index contributed by atoms with van der Waals surface area (Å²) < 4.78 is 43.4. The second-order valence-electron chi connectivity index (χ2n) is 10.5. The highest BCUT2D eigenvalue weighted by molar-refractivity contribution is 7.99. The van der Waals surface area contributed by atoms with Crippen LogP contribution < -0.4 is 16.4 Å². The topological polar surface area (TPSA) is 140 Å². The van der Waals surface area contributed by atoms with Crippen molar-refractivity contribution >= 4 is 35.5 Å². The molecular weight excluding hydrogens is 557 g/mol. The van der Waals surface area contributed by atoms with Crippen LogP contribution in [0.3, 0.4) is 0 Å². The Morgan fingerprint density at radius 1 is 1.22 bits per heavy atom. The van der Waals surface area contributed by atoms with Crippen molar-refractivity contribution in [2.45, 2.75) is 76.2 Å². The number of hydrogen-bond donors (Lipinski definition) is 2. The quantitative estimate of drug-likeness (QED) is 0.216. The number of carbonyl (C=O) groups is 1. The van der Waals surface area contributed by atoms with Crippen molar-refractivity contribution in [3.63, 3.8) is 0 Å². The number of aliphatic imine (C=N–C) groups is 1. The molecule has 41 heavy (non-hydrogen) atoms. The Morgan fingerprint density at radius 3 is 2.37 bits per heavy atom. The summed E-state index contributed by atoms with van der Waals surface area (Å²) in [6.45, 7) is 10.3. The van der Waals surface area contributed by atoms with Crippen LogP contribution in [0.5, 0.6) is 0 Å². The molecule has 0 saturated carbocycles. The zero-order valence-electron chi connectivity index (χ0n) is 23.5. The zero-order valence-corrected chi connectivity index (χ0v) is 24.3. The molecule has 1 aromatic heterocycles. The molecule has 0 bridgehead atoms. The molecule has 0 spiro atoms. The van der Waals surface area contributed by atoms with E-state index in [-0.39, 0.29) is 23.8 Å². The van der Waals surface area contributed by atoms with Crippen LogP contribution in [0.2, 0.25) is 0 Å². The van der Waals surface area contributed by atoms with Crippen molar-refractivity contribution in [1.29, 1.82) is 5.26 Å². The molecule has 222 valence electrons. The SMILES string of the molecule is CC1CN(c2nc(SCCc3ccc(N=C(N)N)cc3)c(C#N)c3c2COC(C)(C)C3)CC(C)O1.O=CC(F)(F)F. The molecule has 2 atom stereocenters. The van der Waals surface area contributed by atoms with Crippen LogP contribution in [-0.4, -0.2) is 60.1 Å². The van der Waals surface area contributed by atoms with E-state index in [1.54, 1.807) is 11.8 Å². The third kappa shape index (κ3) is 9.34. The fourth-order valence-corrected chi connectivity index (χ4v) is 5.70. The number of carbonyl (C=O) groups excluding carboxylic acids is 1. The summed E-state index contributed by atoms with van der Waals surface area (Å²) in [4.78, 5) is 20.1. The third-order valence-electron chi connectivity index (χ3n) is 6.36. The van der Waals surface area contributed by atoms with E-state index in [9.17, 15) is 18.4 Å². The van der Waals surface area contributed by atoms with Gasteiger partial charge in [-0.2, -0.15) is 18.4 Å². The summed E-state index contributed by atoms with van der Waals surface area (Å²) in [5, 5.41) is 10.9. The molecule has 0 amide bonds. The standard InChI is InChI=1S/C26H34N6O2S.C2HF3O/c1-16-13-32(14-17(2)34-16)23-22-15-33-26(3,4)11-20(22)21(12-27)24(31-23)35-10-9-18-5-7-19(8-6-18)30-25(28)29;3-2(4,5)1-6/h5-8,16-17H,9-11,13-15H2,1-4H3,(H4,28,29,30);1H. The molecule has 3 heterocycles. The van der Waals surface area contributed by atoms with Gasteiger partial charge in [0.1, 0.15) is 16.9 Å². The molecule has 2 aromatic rings. The maximum absolute atomic E-state index is 10.4. The number of benzene rings is 1. The first kappa shape index (κ1) is 32.2. The van der Waals surface area contributed by atoms with Gasteiger partial charge in [0.2, 0.25) is 6.29 Å². The third-order valence-corrected chi connectivity index (χ3v) is 7.33. The van der Waals surface area contributed by atoms with Gasteiger partial charge < -0.3 is 25.8 Å². The van der Waals surface area contributed by atoms with E-state index in [1.807, 2.05) is 24.3 Å². The minimum absolute atomic E-state index is 0.0456. The van der Waals surface area contributed by atoms with Gasteiger partial charge in [-0.25, -0.2) is 9.98 Å². The number of aromatic nitrogens is 1. The number of morpholine rings is 1. The maximum Gasteiger partial charge on any atom is 0.446 e. The number of aldehydes is 1. The number of ether oxygens (including phenoxy) is 2. The Morgan fingerprint density at radius 2 is 1.83 bits per heavy atom. The molecule has 1 aromatic carbocycles. The number of rotatable bonds is 6. The highest BCUT2D eigenvalue weighted by Gasteiger charge is 2.35. The van der Waals surface area contributed by atoms with Crippen LogP contribution in [0.4, 0.5) is 24.7 Å². The molecule has 4 rings (SSSR count). The summed E-state index contributed by atoms with van der Waals surface area (Å²) >= 11 is 1.63. The van der Waals surface area contributed by atoms with Crippen LogP contribution in [0, 0.1) is 11.3 Å². The molecule has 9 nitrogen and oxygen atoms in total. The number of nitrogens with two attached hydrogens (primary N) is 2. The number of halogens is 3. The largest absolute Gasteiger partial charge is 0.446 e. The summed E-state index contributed by atoms with van der Waals surface area (Å²) in [6.07, 6.45) is -3.94. The van der Waals surface area contributed by atoms with Crippen molar-refractivity contribution in [2.24, 2.45) is 16.5 Å². The number of guanidine groups is 1. The average Bonchev–Trinajstić information content (AvgIpc) is 2.87. The predicted octanol–water partition coefficient (Wildman–Crippen LogP) is 4.41. The van der Waals surface area contributed by atoms with Crippen molar-refractivity contribution in [3.8, 4) is 6.07 Å². The van der Waals surface area contributed by atoms with Crippen LogP contribution in [0.15, 0.2) is 34.3 Å². The van der Waals surface area contributed by atoms with Crippen LogP contribution >= 0.6 is 11.8 Å². The summed E-state index contributed by atoms with van der Waals surface area (Å²) in [5.74, 6) is 1.78. The Labute approximate surface area is 242 Å². The van der Waals surface area contributed by atoms with E-state index in [2.05, 4.69) is 43.7 Å². The normalized spacial score (nSPS) is 19.7. The van der Waals surface area contributed by atoms with Gasteiger partial charge >= 0.3 is 6.18 Å². The van der Waals surface area contributed by atoms with E-state index in [0.717, 1.165) is 52.9 Å². The minimum atomic E-state index is -4.64. The molecule has 4 N–H and O–H groups in total. The van der Waals surface area contributed by atoms with Crippen molar-refractivity contribution in [2.75, 3.05) is 23.7 Å². The first-order valence-corrected chi connectivity index (χ1v) is 14.0. The van der Waals surface area contributed by atoms with Gasteiger partial charge in [-0.1, -0.05) is 12.1 Å².